The smallest absolute Gasteiger partial charge is 0.331 e. The monoisotopic (exact) mass is 299 g/mol. The van der Waals surface area contributed by atoms with Gasteiger partial charge in [-0.3, -0.25) is 10.2 Å². The number of hydrogen-bond donors (Lipinski definition) is 2. The summed E-state index contributed by atoms with van der Waals surface area (Å²) >= 11 is 0. The van der Waals surface area contributed by atoms with E-state index in [1.807, 2.05) is 11.9 Å². The molecule has 120 valence electrons. The number of hydrazine groups is 1. The number of morpholine rings is 1. The second-order valence-corrected chi connectivity index (χ2v) is 5.84. The number of urea groups is 1. The van der Waals surface area contributed by atoms with Crippen molar-refractivity contribution in [3.63, 3.8) is 0 Å². The number of carbonyl (C=O) groups excluding carboxylic acids is 1. The number of carboxylic acids is 1. The molecule has 0 aromatic rings. The Labute approximate surface area is 125 Å². The summed E-state index contributed by atoms with van der Waals surface area (Å²) in [6.07, 6.45) is 2.60. The second kappa shape index (κ2) is 7.09. The third-order valence-corrected chi connectivity index (χ3v) is 4.45. The SMILES string of the molecule is CCCC1(C(=O)O)CCN(C(=O)NN2CCOCC2)CC1. The van der Waals surface area contributed by atoms with Gasteiger partial charge in [-0.05, 0) is 19.3 Å². The molecule has 2 aliphatic rings. The minimum Gasteiger partial charge on any atom is -0.481 e. The molecule has 2 aliphatic heterocycles. The van der Waals surface area contributed by atoms with Crippen molar-refractivity contribution < 1.29 is 19.4 Å². The van der Waals surface area contributed by atoms with E-state index in [-0.39, 0.29) is 6.03 Å². The van der Waals surface area contributed by atoms with Crippen molar-refractivity contribution in [1.29, 1.82) is 0 Å². The van der Waals surface area contributed by atoms with Crippen molar-refractivity contribution in [2.24, 2.45) is 5.41 Å². The summed E-state index contributed by atoms with van der Waals surface area (Å²) in [5.74, 6) is -0.724. The van der Waals surface area contributed by atoms with Crippen molar-refractivity contribution in [3.8, 4) is 0 Å². The lowest BCUT2D eigenvalue weighted by molar-refractivity contribution is -0.152. The molecule has 21 heavy (non-hydrogen) atoms. The summed E-state index contributed by atoms with van der Waals surface area (Å²) in [6, 6.07) is -0.132. The van der Waals surface area contributed by atoms with Crippen LogP contribution in [0.5, 0.6) is 0 Å². The van der Waals surface area contributed by atoms with Gasteiger partial charge in [-0.1, -0.05) is 13.3 Å². The standard InChI is InChI=1S/C14H25N3O4/c1-2-3-14(12(18)19)4-6-16(7-5-14)13(20)15-17-8-10-21-11-9-17/h2-11H2,1H3,(H,15,20)(H,18,19). The Kier molecular flexibility index (Phi) is 5.41. The van der Waals surface area contributed by atoms with Gasteiger partial charge in [0.2, 0.25) is 0 Å². The maximum absolute atomic E-state index is 12.2. The molecule has 0 atom stereocenters. The van der Waals surface area contributed by atoms with Gasteiger partial charge < -0.3 is 14.7 Å². The van der Waals surface area contributed by atoms with Gasteiger partial charge in [-0.2, -0.15) is 0 Å². The summed E-state index contributed by atoms with van der Waals surface area (Å²) in [5.41, 5.74) is 2.22. The van der Waals surface area contributed by atoms with Crippen LogP contribution in [0.15, 0.2) is 0 Å². The Bertz CT molecular complexity index is 374. The molecule has 2 amide bonds. The van der Waals surface area contributed by atoms with Gasteiger partial charge in [0.25, 0.3) is 0 Å². The van der Waals surface area contributed by atoms with E-state index in [4.69, 9.17) is 4.74 Å². The third kappa shape index (κ3) is 3.85. The summed E-state index contributed by atoms with van der Waals surface area (Å²) in [4.78, 5) is 25.4. The number of aliphatic carboxylic acids is 1. The number of rotatable bonds is 4. The predicted octanol–water partition coefficient (Wildman–Crippen LogP) is 0.910. The predicted molar refractivity (Wildman–Crippen MR) is 76.7 cm³/mol. The van der Waals surface area contributed by atoms with Gasteiger partial charge in [0.15, 0.2) is 0 Å². The molecule has 2 N–H and O–H groups in total. The van der Waals surface area contributed by atoms with Crippen molar-refractivity contribution in [2.45, 2.75) is 32.6 Å². The van der Waals surface area contributed by atoms with E-state index >= 15 is 0 Å². The zero-order valence-electron chi connectivity index (χ0n) is 12.6. The molecule has 0 aliphatic carbocycles. The molecule has 0 saturated carbocycles. The van der Waals surface area contributed by atoms with Crippen LogP contribution in [0.2, 0.25) is 0 Å². The van der Waals surface area contributed by atoms with E-state index in [1.54, 1.807) is 4.90 Å². The first-order chi connectivity index (χ1) is 10.1. The third-order valence-electron chi connectivity index (χ3n) is 4.45. The van der Waals surface area contributed by atoms with Crippen LogP contribution in [0.4, 0.5) is 4.79 Å². The molecule has 0 bridgehead atoms. The second-order valence-electron chi connectivity index (χ2n) is 5.84. The van der Waals surface area contributed by atoms with E-state index in [0.29, 0.717) is 58.7 Å². The van der Waals surface area contributed by atoms with E-state index < -0.39 is 11.4 Å². The number of ether oxygens (including phenoxy) is 1. The molecule has 7 heteroatoms. The first-order valence-electron chi connectivity index (χ1n) is 7.69. The molecule has 0 aromatic carbocycles. The summed E-state index contributed by atoms with van der Waals surface area (Å²) in [6.45, 7) is 5.63. The van der Waals surface area contributed by atoms with Gasteiger partial charge in [0.1, 0.15) is 0 Å². The zero-order valence-corrected chi connectivity index (χ0v) is 12.6. The van der Waals surface area contributed by atoms with Gasteiger partial charge in [0, 0.05) is 26.2 Å². The highest BCUT2D eigenvalue weighted by Gasteiger charge is 2.41. The lowest BCUT2D eigenvalue weighted by Crippen LogP contribution is -2.55. The number of hydrogen-bond acceptors (Lipinski definition) is 4. The number of amides is 2. The molecule has 0 spiro atoms. The van der Waals surface area contributed by atoms with Crippen LogP contribution < -0.4 is 5.43 Å². The fraction of sp³-hybridized carbons (Fsp3) is 0.857. The van der Waals surface area contributed by atoms with E-state index in [0.717, 1.165) is 6.42 Å². The highest BCUT2D eigenvalue weighted by Crippen LogP contribution is 2.36. The quantitative estimate of drug-likeness (QED) is 0.806. The molecular weight excluding hydrogens is 274 g/mol. The van der Waals surface area contributed by atoms with Crippen molar-refractivity contribution >= 4 is 12.0 Å². The highest BCUT2D eigenvalue weighted by atomic mass is 16.5. The van der Waals surface area contributed by atoms with E-state index in [2.05, 4.69) is 5.43 Å². The number of carboxylic acid groups (broad SMARTS) is 1. The van der Waals surface area contributed by atoms with Crippen LogP contribution in [-0.2, 0) is 9.53 Å². The van der Waals surface area contributed by atoms with Gasteiger partial charge in [0.05, 0.1) is 18.6 Å². The molecule has 0 unspecified atom stereocenters. The largest absolute Gasteiger partial charge is 0.481 e. The molecule has 2 saturated heterocycles. The maximum atomic E-state index is 12.2. The minimum atomic E-state index is -0.724. The molecule has 2 rings (SSSR count). The summed E-state index contributed by atoms with van der Waals surface area (Å²) in [5, 5.41) is 11.3. The Morgan fingerprint density at radius 3 is 2.33 bits per heavy atom. The Hall–Kier alpha value is -1.34. The van der Waals surface area contributed by atoms with Crippen molar-refractivity contribution in [3.05, 3.63) is 0 Å². The maximum Gasteiger partial charge on any atom is 0.331 e. The van der Waals surface area contributed by atoms with Crippen LogP contribution in [0.3, 0.4) is 0 Å². The number of carbonyl (C=O) groups is 2. The van der Waals surface area contributed by atoms with Gasteiger partial charge >= 0.3 is 12.0 Å². The fourth-order valence-electron chi connectivity index (χ4n) is 3.07. The van der Waals surface area contributed by atoms with Gasteiger partial charge in [-0.25, -0.2) is 9.80 Å². The number of nitrogens with zero attached hydrogens (tertiary/aromatic N) is 2. The summed E-state index contributed by atoms with van der Waals surface area (Å²) in [7, 11) is 0. The van der Waals surface area contributed by atoms with E-state index in [9.17, 15) is 14.7 Å². The van der Waals surface area contributed by atoms with Crippen LogP contribution in [-0.4, -0.2) is 66.4 Å². The number of nitrogens with one attached hydrogen (secondary N) is 1. The molecule has 0 radical (unpaired) electrons. The number of likely N-dealkylation sites (tertiary alicyclic amines) is 1. The topological polar surface area (TPSA) is 82.1 Å². The van der Waals surface area contributed by atoms with Crippen LogP contribution >= 0.6 is 0 Å². The molecular formula is C14H25N3O4. The van der Waals surface area contributed by atoms with Crippen LogP contribution in [0, 0.1) is 5.41 Å². The lowest BCUT2D eigenvalue weighted by Gasteiger charge is -2.39. The molecule has 2 heterocycles. The van der Waals surface area contributed by atoms with E-state index in [1.165, 1.54) is 0 Å². The first kappa shape index (κ1) is 16.0. The average Bonchev–Trinajstić information content (AvgIpc) is 2.49. The van der Waals surface area contributed by atoms with Crippen molar-refractivity contribution in [1.82, 2.24) is 15.3 Å². The molecule has 2 fully saturated rings. The Balaban J connectivity index is 1.84. The van der Waals surface area contributed by atoms with Crippen LogP contribution in [0.1, 0.15) is 32.6 Å². The van der Waals surface area contributed by atoms with Crippen LogP contribution in [0.25, 0.3) is 0 Å². The molecule has 0 aromatic heterocycles. The first-order valence-corrected chi connectivity index (χ1v) is 7.69. The zero-order chi connectivity index (χ0) is 15.3. The fourth-order valence-corrected chi connectivity index (χ4v) is 3.07. The lowest BCUT2D eigenvalue weighted by atomic mass is 9.75. The molecule has 7 nitrogen and oxygen atoms in total. The average molecular weight is 299 g/mol. The Morgan fingerprint density at radius 2 is 1.81 bits per heavy atom. The highest BCUT2D eigenvalue weighted by molar-refractivity contribution is 5.77. The Morgan fingerprint density at radius 1 is 1.19 bits per heavy atom. The van der Waals surface area contributed by atoms with Gasteiger partial charge in [-0.15, -0.1) is 0 Å². The van der Waals surface area contributed by atoms with Crippen molar-refractivity contribution in [2.75, 3.05) is 39.4 Å². The normalized spacial score (nSPS) is 22.8. The minimum absolute atomic E-state index is 0.132. The summed E-state index contributed by atoms with van der Waals surface area (Å²) < 4.78 is 5.24. The number of piperidine rings is 1.